The summed E-state index contributed by atoms with van der Waals surface area (Å²) in [6, 6.07) is 17.0. The third-order valence-corrected chi connectivity index (χ3v) is 10.5. The standard InChI is InChI=1S/C20H16Cl2N4S.C13H10ClN3S/c1-11-12(2)27-20-17(11)19(24-10-13-6-7-14(21)15(22)9-13)25-18(26-20)16-5-3-4-8-23-16;1-7-8(2)18-13-10(7)11(14)16-12(17-13)9-5-3-4-6-15-9/h3-9H,10H2,1-2H3,(H,24,25,26);3-6H,1-2H3. The van der Waals surface area contributed by atoms with Crippen molar-refractivity contribution in [2.45, 2.75) is 34.2 Å². The Morgan fingerprint density at radius 2 is 1.22 bits per heavy atom. The Hall–Kier alpha value is -3.73. The van der Waals surface area contributed by atoms with Crippen molar-refractivity contribution < 1.29 is 0 Å². The molecule has 45 heavy (non-hydrogen) atoms. The van der Waals surface area contributed by atoms with Crippen LogP contribution in [0.1, 0.15) is 26.4 Å². The maximum atomic E-state index is 6.26. The predicted molar refractivity (Wildman–Crippen MR) is 189 cm³/mol. The van der Waals surface area contributed by atoms with Crippen LogP contribution in [-0.4, -0.2) is 29.9 Å². The van der Waals surface area contributed by atoms with E-state index in [1.54, 1.807) is 41.1 Å². The fourth-order valence-corrected chi connectivity index (χ4v) is 7.38. The molecule has 0 saturated carbocycles. The number of nitrogens with one attached hydrogen (secondary N) is 1. The third-order valence-electron chi connectivity index (χ3n) is 7.25. The second kappa shape index (κ2) is 13.3. The average molecular weight is 691 g/mol. The van der Waals surface area contributed by atoms with Gasteiger partial charge in [-0.15, -0.1) is 22.7 Å². The Bertz CT molecular complexity index is 2150. The van der Waals surface area contributed by atoms with Gasteiger partial charge in [0, 0.05) is 28.7 Å². The Morgan fingerprint density at radius 1 is 0.644 bits per heavy atom. The molecular weight excluding hydrogens is 665 g/mol. The zero-order chi connectivity index (χ0) is 31.7. The summed E-state index contributed by atoms with van der Waals surface area (Å²) in [5.41, 5.74) is 4.87. The minimum atomic E-state index is 0.502. The Labute approximate surface area is 283 Å². The number of thiophene rings is 2. The quantitative estimate of drug-likeness (QED) is 0.180. The Kier molecular flexibility index (Phi) is 9.26. The van der Waals surface area contributed by atoms with Gasteiger partial charge in [-0.05, 0) is 80.8 Å². The number of hydrogen-bond acceptors (Lipinski definition) is 9. The van der Waals surface area contributed by atoms with E-state index in [0.717, 1.165) is 48.8 Å². The van der Waals surface area contributed by atoms with E-state index in [9.17, 15) is 0 Å². The van der Waals surface area contributed by atoms with Gasteiger partial charge in [0.1, 0.15) is 32.0 Å². The third kappa shape index (κ3) is 6.64. The molecule has 0 saturated heterocycles. The molecule has 0 radical (unpaired) electrons. The second-order valence-corrected chi connectivity index (χ2v) is 13.8. The molecule has 0 spiro atoms. The zero-order valence-electron chi connectivity index (χ0n) is 24.7. The lowest BCUT2D eigenvalue weighted by molar-refractivity contribution is 1.10. The number of anilines is 1. The lowest BCUT2D eigenvalue weighted by Gasteiger charge is -2.10. The molecule has 0 aliphatic rings. The van der Waals surface area contributed by atoms with Gasteiger partial charge in [0.2, 0.25) is 0 Å². The molecular formula is C33H26Cl3N7S2. The number of halogens is 3. The van der Waals surface area contributed by atoms with Crippen LogP contribution in [0.15, 0.2) is 67.0 Å². The Balaban J connectivity index is 0.000000172. The van der Waals surface area contributed by atoms with Crippen molar-refractivity contribution in [2.24, 2.45) is 0 Å². The predicted octanol–water partition coefficient (Wildman–Crippen LogP) is 10.3. The molecule has 0 amide bonds. The van der Waals surface area contributed by atoms with Crippen LogP contribution in [0.5, 0.6) is 0 Å². The lowest BCUT2D eigenvalue weighted by Crippen LogP contribution is -2.04. The van der Waals surface area contributed by atoms with Gasteiger partial charge in [-0.2, -0.15) is 0 Å². The maximum absolute atomic E-state index is 6.26. The van der Waals surface area contributed by atoms with Gasteiger partial charge in [-0.3, -0.25) is 9.97 Å². The summed E-state index contributed by atoms with van der Waals surface area (Å²) >= 11 is 21.7. The molecule has 12 heteroatoms. The first-order valence-electron chi connectivity index (χ1n) is 13.9. The molecule has 7 nitrogen and oxygen atoms in total. The van der Waals surface area contributed by atoms with Crippen molar-refractivity contribution in [3.05, 3.63) is 109 Å². The van der Waals surface area contributed by atoms with Crippen LogP contribution in [0, 0.1) is 27.7 Å². The molecule has 1 aromatic carbocycles. The van der Waals surface area contributed by atoms with Crippen LogP contribution >= 0.6 is 57.5 Å². The first-order chi connectivity index (χ1) is 21.7. The van der Waals surface area contributed by atoms with Crippen LogP contribution in [0.2, 0.25) is 15.2 Å². The molecule has 0 atom stereocenters. The van der Waals surface area contributed by atoms with Gasteiger partial charge in [-0.25, -0.2) is 19.9 Å². The van der Waals surface area contributed by atoms with E-state index in [2.05, 4.69) is 46.0 Å². The number of aromatic nitrogens is 6. The summed E-state index contributed by atoms with van der Waals surface area (Å²) in [4.78, 5) is 31.4. The van der Waals surface area contributed by atoms with Crippen LogP contribution in [0.4, 0.5) is 5.82 Å². The summed E-state index contributed by atoms with van der Waals surface area (Å²) < 4.78 is 0. The summed E-state index contributed by atoms with van der Waals surface area (Å²) in [6.07, 6.45) is 3.47. The van der Waals surface area contributed by atoms with Crippen molar-refractivity contribution in [1.82, 2.24) is 29.9 Å². The smallest absolute Gasteiger partial charge is 0.181 e. The van der Waals surface area contributed by atoms with Crippen molar-refractivity contribution in [3.63, 3.8) is 0 Å². The van der Waals surface area contributed by atoms with Crippen molar-refractivity contribution >= 4 is 83.7 Å². The van der Waals surface area contributed by atoms with Crippen LogP contribution < -0.4 is 5.32 Å². The molecule has 7 aromatic rings. The van der Waals surface area contributed by atoms with Gasteiger partial charge >= 0.3 is 0 Å². The molecule has 6 aromatic heterocycles. The number of hydrogen-bond donors (Lipinski definition) is 1. The molecule has 7 rings (SSSR count). The molecule has 1 N–H and O–H groups in total. The fourth-order valence-electron chi connectivity index (χ4n) is 4.63. The number of pyridine rings is 2. The van der Waals surface area contributed by atoms with Crippen molar-refractivity contribution in [3.8, 4) is 23.0 Å². The zero-order valence-corrected chi connectivity index (χ0v) is 28.6. The van der Waals surface area contributed by atoms with Crippen molar-refractivity contribution in [2.75, 3.05) is 5.32 Å². The molecule has 6 heterocycles. The van der Waals surface area contributed by atoms with Crippen molar-refractivity contribution in [1.29, 1.82) is 0 Å². The van der Waals surface area contributed by atoms with E-state index >= 15 is 0 Å². The fraction of sp³-hybridized carbons (Fsp3) is 0.152. The highest BCUT2D eigenvalue weighted by atomic mass is 35.5. The monoisotopic (exact) mass is 689 g/mol. The van der Waals surface area contributed by atoms with Gasteiger partial charge in [0.05, 0.1) is 20.8 Å². The topological polar surface area (TPSA) is 89.4 Å². The van der Waals surface area contributed by atoms with Gasteiger partial charge < -0.3 is 5.32 Å². The molecule has 0 aliphatic carbocycles. The highest BCUT2D eigenvalue weighted by molar-refractivity contribution is 7.19. The normalized spacial score (nSPS) is 11.1. The highest BCUT2D eigenvalue weighted by Gasteiger charge is 2.17. The molecule has 0 fully saturated rings. The average Bonchev–Trinajstić information content (AvgIpc) is 3.51. The summed E-state index contributed by atoms with van der Waals surface area (Å²) in [7, 11) is 0. The minimum Gasteiger partial charge on any atom is -0.365 e. The first kappa shape index (κ1) is 31.3. The molecule has 226 valence electrons. The van der Waals surface area contributed by atoms with Crippen LogP contribution in [-0.2, 0) is 6.54 Å². The largest absolute Gasteiger partial charge is 0.365 e. The number of rotatable bonds is 5. The van der Waals surface area contributed by atoms with E-state index in [-0.39, 0.29) is 0 Å². The molecule has 0 aliphatic heterocycles. The van der Waals surface area contributed by atoms with E-state index in [1.807, 2.05) is 55.5 Å². The van der Waals surface area contributed by atoms with Crippen LogP contribution in [0.3, 0.4) is 0 Å². The second-order valence-electron chi connectivity index (χ2n) is 10.2. The number of nitrogens with zero attached hydrogens (tertiary/aromatic N) is 6. The highest BCUT2D eigenvalue weighted by Crippen LogP contribution is 2.36. The van der Waals surface area contributed by atoms with E-state index in [1.165, 1.54) is 15.3 Å². The van der Waals surface area contributed by atoms with Gasteiger partial charge in [-0.1, -0.05) is 53.0 Å². The number of benzene rings is 1. The summed E-state index contributed by atoms with van der Waals surface area (Å²) in [5.74, 6) is 1.99. The van der Waals surface area contributed by atoms with Gasteiger partial charge in [0.25, 0.3) is 0 Å². The summed E-state index contributed by atoms with van der Waals surface area (Å²) in [6.45, 7) is 8.90. The lowest BCUT2D eigenvalue weighted by atomic mass is 10.2. The number of aryl methyl sites for hydroxylation is 4. The molecule has 0 unspecified atom stereocenters. The van der Waals surface area contributed by atoms with E-state index < -0.39 is 0 Å². The van der Waals surface area contributed by atoms with Gasteiger partial charge in [0.15, 0.2) is 11.6 Å². The SMILES string of the molecule is Cc1sc2nc(-c3ccccn3)nc(Cl)c2c1C.Cc1sc2nc(-c3ccccn3)nc(NCc3ccc(Cl)c(Cl)c3)c2c1C. The molecule has 0 bridgehead atoms. The van der Waals surface area contributed by atoms with Crippen LogP contribution in [0.25, 0.3) is 43.5 Å². The maximum Gasteiger partial charge on any atom is 0.181 e. The number of fused-ring (bicyclic) bond motifs is 2. The minimum absolute atomic E-state index is 0.502. The van der Waals surface area contributed by atoms with E-state index in [4.69, 9.17) is 44.8 Å². The first-order valence-corrected chi connectivity index (χ1v) is 16.7. The Morgan fingerprint density at radius 3 is 1.80 bits per heavy atom. The van der Waals surface area contributed by atoms with E-state index in [0.29, 0.717) is 33.4 Å². The summed E-state index contributed by atoms with van der Waals surface area (Å²) in [5, 5.41) is 7.04.